The standard InChI is InChI=1S/C19H17ClF3NO3S2/c1-11-7-8-24(16-9-12(19(21,22)23)3-6-17(16)28-11)18(25)14-10-13(29(2,26)27)4-5-15(14)20/h3-6,9-11H,7-8H2,1-2H3. The minimum Gasteiger partial charge on any atom is -0.307 e. The van der Waals surface area contributed by atoms with E-state index in [1.165, 1.54) is 34.9 Å². The number of sulfone groups is 1. The molecule has 0 aliphatic carbocycles. The van der Waals surface area contributed by atoms with E-state index in [2.05, 4.69) is 0 Å². The van der Waals surface area contributed by atoms with Crippen molar-refractivity contribution in [1.29, 1.82) is 0 Å². The number of hydrogen-bond acceptors (Lipinski definition) is 4. The van der Waals surface area contributed by atoms with Crippen LogP contribution in [0.4, 0.5) is 18.9 Å². The third kappa shape index (κ3) is 4.73. The van der Waals surface area contributed by atoms with Gasteiger partial charge < -0.3 is 4.90 Å². The fraction of sp³-hybridized carbons (Fsp3) is 0.316. The van der Waals surface area contributed by atoms with Crippen molar-refractivity contribution in [2.24, 2.45) is 0 Å². The van der Waals surface area contributed by atoms with Gasteiger partial charge in [-0.2, -0.15) is 13.2 Å². The zero-order chi connectivity index (χ0) is 21.6. The van der Waals surface area contributed by atoms with E-state index in [-0.39, 0.29) is 33.0 Å². The number of amides is 1. The van der Waals surface area contributed by atoms with Gasteiger partial charge in [0.1, 0.15) is 0 Å². The monoisotopic (exact) mass is 463 g/mol. The highest BCUT2D eigenvalue weighted by atomic mass is 35.5. The molecule has 0 aromatic heterocycles. The second-order valence-corrected chi connectivity index (χ2v) is 10.7. The Kier molecular flexibility index (Phi) is 5.95. The fourth-order valence-electron chi connectivity index (χ4n) is 2.97. The number of alkyl halides is 3. The van der Waals surface area contributed by atoms with E-state index in [1.807, 2.05) is 6.92 Å². The maximum Gasteiger partial charge on any atom is 0.416 e. The quantitative estimate of drug-likeness (QED) is 0.607. The van der Waals surface area contributed by atoms with Crippen LogP contribution in [0.5, 0.6) is 0 Å². The van der Waals surface area contributed by atoms with Crippen LogP contribution in [0.2, 0.25) is 5.02 Å². The van der Waals surface area contributed by atoms with E-state index in [9.17, 15) is 26.4 Å². The molecule has 0 saturated carbocycles. The number of rotatable bonds is 2. The molecule has 3 rings (SSSR count). The van der Waals surface area contributed by atoms with Crippen LogP contribution in [-0.4, -0.2) is 32.4 Å². The van der Waals surface area contributed by atoms with Crippen LogP contribution in [0, 0.1) is 0 Å². The Morgan fingerprint density at radius 3 is 2.52 bits per heavy atom. The van der Waals surface area contributed by atoms with Crippen LogP contribution < -0.4 is 4.90 Å². The fourth-order valence-corrected chi connectivity index (χ4v) is 4.91. The van der Waals surface area contributed by atoms with Crippen LogP contribution in [0.3, 0.4) is 0 Å². The summed E-state index contributed by atoms with van der Waals surface area (Å²) in [6, 6.07) is 7.04. The van der Waals surface area contributed by atoms with E-state index in [1.54, 1.807) is 0 Å². The summed E-state index contributed by atoms with van der Waals surface area (Å²) in [6.07, 6.45) is -3.00. The zero-order valence-electron chi connectivity index (χ0n) is 15.5. The number of halogens is 4. The van der Waals surface area contributed by atoms with Gasteiger partial charge in [-0.25, -0.2) is 8.42 Å². The predicted octanol–water partition coefficient (Wildman–Crippen LogP) is 5.29. The molecule has 2 aromatic carbocycles. The van der Waals surface area contributed by atoms with Crippen LogP contribution in [-0.2, 0) is 16.0 Å². The Hall–Kier alpha value is -1.71. The number of hydrogen-bond donors (Lipinski definition) is 0. The summed E-state index contributed by atoms with van der Waals surface area (Å²) in [4.78, 5) is 14.9. The molecular formula is C19H17ClF3NO3S2. The van der Waals surface area contributed by atoms with E-state index < -0.39 is 27.5 Å². The third-order valence-corrected chi connectivity index (χ3v) is 7.18. The lowest BCUT2D eigenvalue weighted by atomic mass is 10.1. The summed E-state index contributed by atoms with van der Waals surface area (Å²) in [5.41, 5.74) is -0.794. The number of carbonyl (C=O) groups excluding carboxylic acids is 1. The van der Waals surface area contributed by atoms with Gasteiger partial charge in [-0.1, -0.05) is 18.5 Å². The molecule has 0 spiro atoms. The molecule has 1 unspecified atom stereocenters. The molecule has 0 N–H and O–H groups in total. The van der Waals surface area contributed by atoms with Gasteiger partial charge in [0.25, 0.3) is 5.91 Å². The van der Waals surface area contributed by atoms with Crippen molar-refractivity contribution in [3.8, 4) is 0 Å². The van der Waals surface area contributed by atoms with Gasteiger partial charge in [-0.05, 0) is 42.8 Å². The first kappa shape index (κ1) is 22.0. The molecule has 0 bridgehead atoms. The van der Waals surface area contributed by atoms with E-state index in [4.69, 9.17) is 11.6 Å². The third-order valence-electron chi connectivity index (χ3n) is 4.51. The molecule has 156 valence electrons. The van der Waals surface area contributed by atoms with Crippen LogP contribution in [0.15, 0.2) is 46.2 Å². The molecule has 10 heteroatoms. The molecule has 0 fully saturated rings. The van der Waals surface area contributed by atoms with E-state index in [0.29, 0.717) is 11.3 Å². The molecule has 1 atom stereocenters. The topological polar surface area (TPSA) is 54.5 Å². The maximum absolute atomic E-state index is 13.2. The van der Waals surface area contributed by atoms with Crippen LogP contribution in [0.1, 0.15) is 29.3 Å². The zero-order valence-corrected chi connectivity index (χ0v) is 17.8. The van der Waals surface area contributed by atoms with Crippen molar-refractivity contribution in [2.75, 3.05) is 17.7 Å². The highest BCUT2D eigenvalue weighted by Gasteiger charge is 2.34. The second-order valence-electron chi connectivity index (χ2n) is 6.77. The highest BCUT2D eigenvalue weighted by molar-refractivity contribution is 8.00. The van der Waals surface area contributed by atoms with Gasteiger partial charge in [0.2, 0.25) is 0 Å². The normalized spacial score (nSPS) is 17.6. The van der Waals surface area contributed by atoms with Gasteiger partial charge in [0.15, 0.2) is 9.84 Å². The first-order valence-electron chi connectivity index (χ1n) is 8.57. The summed E-state index contributed by atoms with van der Waals surface area (Å²) >= 11 is 7.52. The molecule has 1 aliphatic rings. The van der Waals surface area contributed by atoms with Gasteiger partial charge in [0, 0.05) is 22.9 Å². The molecular weight excluding hydrogens is 447 g/mol. The van der Waals surface area contributed by atoms with Gasteiger partial charge in [-0.15, -0.1) is 11.8 Å². The number of thioether (sulfide) groups is 1. The van der Waals surface area contributed by atoms with E-state index >= 15 is 0 Å². The summed E-state index contributed by atoms with van der Waals surface area (Å²) in [6.45, 7) is 2.11. The predicted molar refractivity (Wildman–Crippen MR) is 108 cm³/mol. The first-order chi connectivity index (χ1) is 13.4. The molecule has 0 radical (unpaired) electrons. The lowest BCUT2D eigenvalue weighted by molar-refractivity contribution is -0.137. The lowest BCUT2D eigenvalue weighted by Gasteiger charge is -2.24. The Balaban J connectivity index is 2.13. The molecule has 29 heavy (non-hydrogen) atoms. The minimum absolute atomic E-state index is 0.0286. The first-order valence-corrected chi connectivity index (χ1v) is 11.7. The Bertz CT molecular complexity index is 1070. The Morgan fingerprint density at radius 1 is 1.21 bits per heavy atom. The molecule has 1 heterocycles. The van der Waals surface area contributed by atoms with Crippen molar-refractivity contribution < 1.29 is 26.4 Å². The van der Waals surface area contributed by atoms with Crippen molar-refractivity contribution in [2.45, 2.75) is 34.6 Å². The number of fused-ring (bicyclic) bond motifs is 1. The van der Waals surface area contributed by atoms with Crippen molar-refractivity contribution in [3.63, 3.8) is 0 Å². The van der Waals surface area contributed by atoms with Gasteiger partial charge in [0.05, 0.1) is 26.7 Å². The summed E-state index contributed by atoms with van der Waals surface area (Å²) in [7, 11) is -3.59. The second kappa shape index (κ2) is 7.85. The van der Waals surface area contributed by atoms with Crippen LogP contribution >= 0.6 is 23.4 Å². The minimum atomic E-state index is -4.56. The number of carbonyl (C=O) groups is 1. The van der Waals surface area contributed by atoms with Crippen molar-refractivity contribution in [1.82, 2.24) is 0 Å². The SMILES string of the molecule is CC1CCN(C(=O)c2cc(S(C)(=O)=O)ccc2Cl)c2cc(C(F)(F)F)ccc2S1. The average Bonchev–Trinajstić information content (AvgIpc) is 2.77. The molecule has 4 nitrogen and oxygen atoms in total. The highest BCUT2D eigenvalue weighted by Crippen LogP contribution is 2.42. The molecule has 1 aliphatic heterocycles. The maximum atomic E-state index is 13.2. The Labute approximate surface area is 176 Å². The van der Waals surface area contributed by atoms with Gasteiger partial charge in [-0.3, -0.25) is 4.79 Å². The summed E-state index contributed by atoms with van der Waals surface area (Å²) < 4.78 is 63.4. The van der Waals surface area contributed by atoms with E-state index in [0.717, 1.165) is 24.5 Å². The molecule has 1 amide bonds. The van der Waals surface area contributed by atoms with Gasteiger partial charge >= 0.3 is 6.18 Å². The Morgan fingerprint density at radius 2 is 1.90 bits per heavy atom. The smallest absolute Gasteiger partial charge is 0.307 e. The average molecular weight is 464 g/mol. The molecule has 2 aromatic rings. The van der Waals surface area contributed by atoms with Crippen molar-refractivity contribution in [3.05, 3.63) is 52.5 Å². The van der Waals surface area contributed by atoms with Crippen molar-refractivity contribution >= 4 is 44.8 Å². The molecule has 0 saturated heterocycles. The number of anilines is 1. The summed E-state index contributed by atoms with van der Waals surface area (Å²) in [5.74, 6) is -0.643. The van der Waals surface area contributed by atoms with Crippen LogP contribution in [0.25, 0.3) is 0 Å². The summed E-state index contributed by atoms with van der Waals surface area (Å²) in [5, 5.41) is 0.113. The number of nitrogens with zero attached hydrogens (tertiary/aromatic N) is 1. The number of benzene rings is 2. The largest absolute Gasteiger partial charge is 0.416 e. The lowest BCUT2D eigenvalue weighted by Crippen LogP contribution is -2.33.